The zero-order chi connectivity index (χ0) is 14.1. The van der Waals surface area contributed by atoms with Gasteiger partial charge < -0.3 is 5.73 Å². The molecule has 1 aromatic rings. The van der Waals surface area contributed by atoms with Crippen LogP contribution in [0.4, 0.5) is 0 Å². The van der Waals surface area contributed by atoms with Crippen LogP contribution in [0, 0.1) is 0 Å². The summed E-state index contributed by atoms with van der Waals surface area (Å²) in [5, 5.41) is 0. The van der Waals surface area contributed by atoms with Gasteiger partial charge in [0.1, 0.15) is 0 Å². The van der Waals surface area contributed by atoms with E-state index in [4.69, 9.17) is 5.73 Å². The molecule has 0 aromatic carbocycles. The Hall–Kier alpha value is -0.930. The zero-order valence-electron chi connectivity index (χ0n) is 12.7. The molecular formula is C16H29N3. The fourth-order valence-electron chi connectivity index (χ4n) is 2.88. The molecule has 108 valence electrons. The average molecular weight is 263 g/mol. The lowest BCUT2D eigenvalue weighted by Crippen LogP contribution is -2.52. The minimum absolute atomic E-state index is 0.177. The second kappa shape index (κ2) is 8.28. The molecule has 0 saturated carbocycles. The molecule has 0 aliphatic carbocycles. The zero-order valence-corrected chi connectivity index (χ0v) is 12.7. The van der Waals surface area contributed by atoms with E-state index in [-0.39, 0.29) is 5.54 Å². The van der Waals surface area contributed by atoms with Crippen molar-refractivity contribution < 1.29 is 0 Å². The number of nitrogens with zero attached hydrogens (tertiary/aromatic N) is 2. The quantitative estimate of drug-likeness (QED) is 0.745. The fraction of sp³-hybridized carbons (Fsp3) is 0.688. The molecule has 0 amide bonds. The van der Waals surface area contributed by atoms with Gasteiger partial charge in [-0.2, -0.15) is 0 Å². The van der Waals surface area contributed by atoms with Crippen molar-refractivity contribution in [3.63, 3.8) is 0 Å². The molecule has 3 heteroatoms. The van der Waals surface area contributed by atoms with Gasteiger partial charge in [-0.25, -0.2) is 0 Å². The average Bonchev–Trinajstić information content (AvgIpc) is 2.45. The first kappa shape index (κ1) is 16.1. The summed E-state index contributed by atoms with van der Waals surface area (Å²) >= 11 is 0. The Labute approximate surface area is 118 Å². The second-order valence-electron chi connectivity index (χ2n) is 5.46. The maximum atomic E-state index is 6.10. The Kier molecular flexibility index (Phi) is 7.03. The molecule has 1 aromatic heterocycles. The molecule has 0 aliphatic rings. The molecule has 0 fully saturated rings. The Balaban J connectivity index is 2.63. The van der Waals surface area contributed by atoms with Crippen molar-refractivity contribution in [1.82, 2.24) is 9.88 Å². The molecule has 0 spiro atoms. The fourth-order valence-corrected chi connectivity index (χ4v) is 2.88. The van der Waals surface area contributed by atoms with Crippen molar-refractivity contribution in [2.45, 2.75) is 51.5 Å². The summed E-state index contributed by atoms with van der Waals surface area (Å²) in [7, 11) is 2.22. The Morgan fingerprint density at radius 3 is 2.21 bits per heavy atom. The van der Waals surface area contributed by atoms with E-state index >= 15 is 0 Å². The van der Waals surface area contributed by atoms with Crippen molar-refractivity contribution in [3.05, 3.63) is 30.1 Å². The summed E-state index contributed by atoms with van der Waals surface area (Å²) in [6, 6.07) is 4.19. The van der Waals surface area contributed by atoms with Crippen molar-refractivity contribution >= 4 is 0 Å². The predicted molar refractivity (Wildman–Crippen MR) is 82.2 cm³/mol. The first-order chi connectivity index (χ1) is 9.18. The highest BCUT2D eigenvalue weighted by molar-refractivity contribution is 5.10. The van der Waals surface area contributed by atoms with Gasteiger partial charge in [0.2, 0.25) is 0 Å². The second-order valence-corrected chi connectivity index (χ2v) is 5.46. The van der Waals surface area contributed by atoms with Gasteiger partial charge in [0, 0.05) is 31.0 Å². The molecule has 0 atom stereocenters. The van der Waals surface area contributed by atoms with Crippen LogP contribution in [0.2, 0.25) is 0 Å². The van der Waals surface area contributed by atoms with E-state index in [9.17, 15) is 0 Å². The van der Waals surface area contributed by atoms with Crippen molar-refractivity contribution in [1.29, 1.82) is 0 Å². The molecular weight excluding hydrogens is 234 g/mol. The van der Waals surface area contributed by atoms with Crippen LogP contribution in [0.5, 0.6) is 0 Å². The molecule has 1 heterocycles. The van der Waals surface area contributed by atoms with Crippen LogP contribution in [0.3, 0.4) is 0 Å². The lowest BCUT2D eigenvalue weighted by molar-refractivity contribution is 0.104. The number of pyridine rings is 1. The lowest BCUT2D eigenvalue weighted by atomic mass is 9.86. The summed E-state index contributed by atoms with van der Waals surface area (Å²) in [5.41, 5.74) is 7.62. The van der Waals surface area contributed by atoms with E-state index < -0.39 is 0 Å². The number of nitrogens with two attached hydrogens (primary N) is 1. The molecule has 1 rings (SSSR count). The number of hydrogen-bond acceptors (Lipinski definition) is 3. The smallest absolute Gasteiger partial charge is 0.0328 e. The monoisotopic (exact) mass is 263 g/mol. The topological polar surface area (TPSA) is 42.1 Å². The molecule has 0 bridgehead atoms. The molecule has 0 unspecified atom stereocenters. The normalized spacial score (nSPS) is 12.1. The van der Waals surface area contributed by atoms with Crippen LogP contribution < -0.4 is 5.73 Å². The minimum atomic E-state index is 0.177. The number of likely N-dealkylation sites (N-methyl/N-ethyl adjacent to an activating group) is 1. The van der Waals surface area contributed by atoms with Crippen LogP contribution in [0.1, 0.15) is 45.1 Å². The maximum absolute atomic E-state index is 6.10. The third-order valence-corrected chi connectivity index (χ3v) is 4.11. The van der Waals surface area contributed by atoms with Crippen LogP contribution >= 0.6 is 0 Å². The molecule has 3 nitrogen and oxygen atoms in total. The molecule has 0 saturated heterocycles. The molecule has 19 heavy (non-hydrogen) atoms. The first-order valence-corrected chi connectivity index (χ1v) is 7.48. The van der Waals surface area contributed by atoms with Crippen molar-refractivity contribution in [2.75, 3.05) is 20.1 Å². The summed E-state index contributed by atoms with van der Waals surface area (Å²) in [5.74, 6) is 0. The van der Waals surface area contributed by atoms with Crippen LogP contribution in [0.25, 0.3) is 0 Å². The summed E-state index contributed by atoms with van der Waals surface area (Å²) in [4.78, 5) is 6.54. The Morgan fingerprint density at radius 2 is 1.74 bits per heavy atom. The molecule has 0 aliphatic heterocycles. The van der Waals surface area contributed by atoms with Crippen molar-refractivity contribution in [3.8, 4) is 0 Å². The Morgan fingerprint density at radius 1 is 1.16 bits per heavy atom. The first-order valence-electron chi connectivity index (χ1n) is 7.48. The maximum Gasteiger partial charge on any atom is 0.0328 e. The molecule has 2 N–H and O–H groups in total. The highest BCUT2D eigenvalue weighted by Crippen LogP contribution is 2.25. The summed E-state index contributed by atoms with van der Waals surface area (Å²) in [6.07, 6.45) is 9.55. The van der Waals surface area contributed by atoms with E-state index in [2.05, 4.69) is 42.9 Å². The van der Waals surface area contributed by atoms with E-state index in [1.54, 1.807) is 0 Å². The van der Waals surface area contributed by atoms with E-state index in [1.807, 2.05) is 12.4 Å². The largest absolute Gasteiger partial charge is 0.329 e. The summed E-state index contributed by atoms with van der Waals surface area (Å²) in [6.45, 7) is 6.30. The number of rotatable bonds is 9. The van der Waals surface area contributed by atoms with Crippen molar-refractivity contribution in [2.24, 2.45) is 5.73 Å². The van der Waals surface area contributed by atoms with Gasteiger partial charge in [-0.1, -0.05) is 26.7 Å². The van der Waals surface area contributed by atoms with E-state index in [0.29, 0.717) is 0 Å². The standard InChI is InChI=1S/C16H29N3/c1-4-9-16(14-17,10-5-2)19(3)13-8-15-6-11-18-12-7-15/h6-7,11-12H,4-5,8-10,13-14,17H2,1-3H3. The van der Waals surface area contributed by atoms with Gasteiger partial charge in [0.25, 0.3) is 0 Å². The van der Waals surface area contributed by atoms with E-state index in [1.165, 1.54) is 31.2 Å². The van der Waals surface area contributed by atoms with Crippen LogP contribution in [-0.4, -0.2) is 35.6 Å². The minimum Gasteiger partial charge on any atom is -0.329 e. The lowest BCUT2D eigenvalue weighted by Gasteiger charge is -2.41. The van der Waals surface area contributed by atoms with Gasteiger partial charge in [0.05, 0.1) is 0 Å². The van der Waals surface area contributed by atoms with Crippen LogP contribution in [0.15, 0.2) is 24.5 Å². The van der Waals surface area contributed by atoms with Gasteiger partial charge >= 0.3 is 0 Å². The Bertz CT molecular complexity index is 331. The predicted octanol–water partition coefficient (Wildman–Crippen LogP) is 2.85. The van der Waals surface area contributed by atoms with Gasteiger partial charge in [-0.15, -0.1) is 0 Å². The number of aromatic nitrogens is 1. The summed E-state index contributed by atoms with van der Waals surface area (Å²) < 4.78 is 0. The highest BCUT2D eigenvalue weighted by atomic mass is 15.2. The van der Waals surface area contributed by atoms with Gasteiger partial charge in [0.15, 0.2) is 0 Å². The van der Waals surface area contributed by atoms with Gasteiger partial charge in [-0.3, -0.25) is 9.88 Å². The van der Waals surface area contributed by atoms with E-state index in [0.717, 1.165) is 19.5 Å². The SMILES string of the molecule is CCCC(CN)(CCC)N(C)CCc1ccncc1. The third-order valence-electron chi connectivity index (χ3n) is 4.11. The van der Waals surface area contributed by atoms with Gasteiger partial charge in [-0.05, 0) is 44.0 Å². The number of hydrogen-bond donors (Lipinski definition) is 1. The molecule has 0 radical (unpaired) electrons. The highest BCUT2D eigenvalue weighted by Gasteiger charge is 2.30. The third kappa shape index (κ3) is 4.59. The van der Waals surface area contributed by atoms with Crippen LogP contribution in [-0.2, 0) is 6.42 Å².